The Hall–Kier alpha value is -7.09. The van der Waals surface area contributed by atoms with Gasteiger partial charge in [-0.05, 0) is 117 Å². The maximum atomic E-state index is 14.2. The number of halogens is 3. The number of benzene rings is 3. The Morgan fingerprint density at radius 1 is 0.871 bits per heavy atom. The van der Waals surface area contributed by atoms with Gasteiger partial charge in [-0.25, -0.2) is 8.78 Å². The molecule has 20 heteroatoms. The summed E-state index contributed by atoms with van der Waals surface area (Å²) in [5.74, 6) is -3.74. The van der Waals surface area contributed by atoms with Crippen molar-refractivity contribution in [2.24, 2.45) is 0 Å². The smallest absolute Gasteiger partial charge is 0.273 e. The standard InChI is InChI=1S/C50H54BrF2N9O8/c1-30-15-16-32(26-40(30)61-31(2)25-41(45(51)50(61)69)70-29-33-17-18-34(52)27-37(33)53)46(65)56-23-8-5-11-35-28-60(59-58-35)24-10-14-42(63)55-22-7-4-3-6-21-54-38-13-9-12-36-44(38)49(68)62(48(36)67)39-19-20-43(64)57-47(39)66/h9,12-13,15-18,25-28,39,54H,3-8,10-11,14,19-24,29H2,1-2H3,(H,55,63)(H,56,65)(H,57,64,66). The van der Waals surface area contributed by atoms with E-state index in [1.54, 1.807) is 54.1 Å². The van der Waals surface area contributed by atoms with E-state index in [9.17, 15) is 42.3 Å². The van der Waals surface area contributed by atoms with E-state index < -0.39 is 46.9 Å². The zero-order valence-electron chi connectivity index (χ0n) is 38.9. The molecule has 17 nitrogen and oxygen atoms in total. The highest BCUT2D eigenvalue weighted by Gasteiger charge is 2.45. The van der Waals surface area contributed by atoms with E-state index >= 15 is 0 Å². The third kappa shape index (κ3) is 12.4. The highest BCUT2D eigenvalue weighted by Crippen LogP contribution is 2.33. The fraction of sp³-hybridized carbons (Fsp3) is 0.380. The van der Waals surface area contributed by atoms with E-state index in [1.165, 1.54) is 10.6 Å². The van der Waals surface area contributed by atoms with E-state index in [0.29, 0.717) is 74.5 Å². The van der Waals surface area contributed by atoms with Crippen LogP contribution in [0.25, 0.3) is 5.69 Å². The maximum absolute atomic E-state index is 14.2. The molecule has 70 heavy (non-hydrogen) atoms. The second-order valence-corrected chi connectivity index (χ2v) is 18.1. The van der Waals surface area contributed by atoms with E-state index in [0.717, 1.165) is 60.4 Å². The van der Waals surface area contributed by atoms with Gasteiger partial charge in [-0.15, -0.1) is 5.10 Å². The van der Waals surface area contributed by atoms with Crippen LogP contribution in [0.15, 0.2) is 76.1 Å². The topological polar surface area (TPSA) is 216 Å². The first-order valence-electron chi connectivity index (χ1n) is 23.3. The number of hydrogen-bond donors (Lipinski definition) is 4. The number of unbranched alkanes of at least 4 members (excludes halogenated alkanes) is 4. The van der Waals surface area contributed by atoms with Crippen molar-refractivity contribution in [1.29, 1.82) is 0 Å². The summed E-state index contributed by atoms with van der Waals surface area (Å²) in [7, 11) is 0. The number of carbonyl (C=O) groups excluding carboxylic acids is 6. The molecule has 368 valence electrons. The number of anilines is 1. The molecule has 1 fully saturated rings. The first-order chi connectivity index (χ1) is 33.7. The SMILES string of the molecule is Cc1ccc(C(=O)NCCCCc2cn(CCCC(=O)NCCCCCCNc3cccc4c3C(=O)N(C3CCC(=O)NC3=O)C4=O)nn2)cc1-n1c(C)cc(OCc2ccc(F)cc2F)c(Br)c1=O. The van der Waals surface area contributed by atoms with Crippen molar-refractivity contribution >= 4 is 57.1 Å². The fourth-order valence-corrected chi connectivity index (χ4v) is 8.78. The van der Waals surface area contributed by atoms with Crippen LogP contribution in [0.5, 0.6) is 5.75 Å². The molecule has 0 aliphatic carbocycles. The number of amides is 6. The van der Waals surface area contributed by atoms with Gasteiger partial charge in [-0.3, -0.25) is 53.0 Å². The number of rotatable bonds is 23. The first-order valence-corrected chi connectivity index (χ1v) is 24.1. The number of imide groups is 2. The lowest BCUT2D eigenvalue weighted by Gasteiger charge is -2.27. The number of fused-ring (bicyclic) bond motifs is 1. The third-order valence-electron chi connectivity index (χ3n) is 12.1. The molecule has 2 aliphatic heterocycles. The van der Waals surface area contributed by atoms with Gasteiger partial charge in [-0.2, -0.15) is 0 Å². The minimum atomic E-state index is -1.02. The Morgan fingerprint density at radius 2 is 1.64 bits per heavy atom. The minimum absolute atomic E-state index is 0.0359. The van der Waals surface area contributed by atoms with Gasteiger partial charge in [0.15, 0.2) is 0 Å². The number of pyridine rings is 1. The molecule has 4 heterocycles. The van der Waals surface area contributed by atoms with Crippen LogP contribution in [-0.2, 0) is 34.0 Å². The highest BCUT2D eigenvalue weighted by atomic mass is 79.9. The summed E-state index contributed by atoms with van der Waals surface area (Å²) in [6.07, 6.45) is 8.47. The zero-order valence-corrected chi connectivity index (χ0v) is 40.5. The molecular weight excluding hydrogens is 973 g/mol. The van der Waals surface area contributed by atoms with Crippen LogP contribution in [0.4, 0.5) is 14.5 Å². The van der Waals surface area contributed by atoms with Crippen molar-refractivity contribution in [3.63, 3.8) is 0 Å². The highest BCUT2D eigenvalue weighted by molar-refractivity contribution is 9.10. The molecule has 1 atom stereocenters. The largest absolute Gasteiger partial charge is 0.487 e. The van der Waals surface area contributed by atoms with Crippen LogP contribution in [0, 0.1) is 25.5 Å². The molecule has 1 saturated heterocycles. The number of piperidine rings is 1. The van der Waals surface area contributed by atoms with Crippen LogP contribution in [0.1, 0.15) is 118 Å². The van der Waals surface area contributed by atoms with Crippen LogP contribution in [0.2, 0.25) is 0 Å². The monoisotopic (exact) mass is 1030 g/mol. The zero-order chi connectivity index (χ0) is 49.9. The number of aromatic nitrogens is 4. The fourth-order valence-electron chi connectivity index (χ4n) is 8.38. The van der Waals surface area contributed by atoms with E-state index in [4.69, 9.17) is 4.74 Å². The average Bonchev–Trinajstić information content (AvgIpc) is 3.89. The molecule has 0 bridgehead atoms. The summed E-state index contributed by atoms with van der Waals surface area (Å²) in [5.41, 5.74) is 3.70. The summed E-state index contributed by atoms with van der Waals surface area (Å²) in [4.78, 5) is 90.5. The molecule has 2 aliphatic rings. The van der Waals surface area contributed by atoms with E-state index in [1.807, 2.05) is 13.1 Å². The van der Waals surface area contributed by atoms with Crippen molar-refractivity contribution in [2.75, 3.05) is 25.0 Å². The molecule has 0 radical (unpaired) electrons. The second-order valence-electron chi connectivity index (χ2n) is 17.3. The molecule has 4 N–H and O–H groups in total. The Labute approximate surface area is 410 Å². The van der Waals surface area contributed by atoms with Crippen LogP contribution < -0.4 is 31.6 Å². The molecule has 0 spiro atoms. The van der Waals surface area contributed by atoms with Crippen LogP contribution in [0.3, 0.4) is 0 Å². The number of ether oxygens (including phenoxy) is 1. The van der Waals surface area contributed by atoms with Crippen molar-refractivity contribution in [3.8, 4) is 11.4 Å². The first kappa shape index (κ1) is 50.8. The van der Waals surface area contributed by atoms with E-state index in [-0.39, 0.29) is 58.2 Å². The normalized spacial score (nSPS) is 14.4. The maximum Gasteiger partial charge on any atom is 0.273 e. The van der Waals surface area contributed by atoms with Gasteiger partial charge in [0.05, 0.1) is 22.5 Å². The number of aryl methyl sites for hydroxylation is 4. The van der Waals surface area contributed by atoms with Gasteiger partial charge >= 0.3 is 0 Å². The predicted octanol–water partition coefficient (Wildman–Crippen LogP) is 6.39. The minimum Gasteiger partial charge on any atom is -0.487 e. The second kappa shape index (κ2) is 23.5. The van der Waals surface area contributed by atoms with Crippen molar-refractivity contribution in [1.82, 2.24) is 40.4 Å². The summed E-state index contributed by atoms with van der Waals surface area (Å²) in [5, 5.41) is 19.8. The van der Waals surface area contributed by atoms with Gasteiger partial charge in [-0.1, -0.05) is 30.2 Å². The van der Waals surface area contributed by atoms with Crippen molar-refractivity contribution < 1.29 is 42.3 Å². The molecule has 2 aromatic heterocycles. The summed E-state index contributed by atoms with van der Waals surface area (Å²) in [6, 6.07) is 13.9. The van der Waals surface area contributed by atoms with Crippen LogP contribution in [-0.4, -0.2) is 85.6 Å². The molecule has 5 aromatic rings. The number of carbonyl (C=O) groups is 6. The summed E-state index contributed by atoms with van der Waals surface area (Å²) >= 11 is 3.32. The lowest BCUT2D eigenvalue weighted by atomic mass is 10.0. The average molecular weight is 1030 g/mol. The van der Waals surface area contributed by atoms with Crippen LogP contribution >= 0.6 is 15.9 Å². The molecule has 6 amide bonds. The Kier molecular flexibility index (Phi) is 17.0. The summed E-state index contributed by atoms with van der Waals surface area (Å²) in [6.45, 7) is 5.43. The summed E-state index contributed by atoms with van der Waals surface area (Å²) < 4.78 is 36.5. The third-order valence-corrected chi connectivity index (χ3v) is 12.9. The Bertz CT molecular complexity index is 2870. The Morgan fingerprint density at radius 3 is 2.43 bits per heavy atom. The van der Waals surface area contributed by atoms with Crippen molar-refractivity contribution in [3.05, 3.63) is 133 Å². The molecular formula is C50H54BrF2N9O8. The van der Waals surface area contributed by atoms with Crippen molar-refractivity contribution in [2.45, 2.75) is 104 Å². The van der Waals surface area contributed by atoms with Gasteiger partial charge in [0.1, 0.15) is 34.5 Å². The molecule has 3 aromatic carbocycles. The Balaban J connectivity index is 0.747. The molecule has 0 saturated carbocycles. The quantitative estimate of drug-likeness (QED) is 0.0416. The molecule has 1 unspecified atom stereocenters. The number of nitrogens with zero attached hydrogens (tertiary/aromatic N) is 5. The lowest BCUT2D eigenvalue weighted by Crippen LogP contribution is -2.54. The van der Waals surface area contributed by atoms with Gasteiger partial charge < -0.3 is 20.7 Å². The predicted molar refractivity (Wildman–Crippen MR) is 258 cm³/mol. The van der Waals surface area contributed by atoms with E-state index in [2.05, 4.69) is 47.5 Å². The number of nitrogens with one attached hydrogen (secondary N) is 4. The lowest BCUT2D eigenvalue weighted by molar-refractivity contribution is -0.136. The number of hydrogen-bond acceptors (Lipinski definition) is 11. The van der Waals surface area contributed by atoms with Gasteiger partial charge in [0.25, 0.3) is 23.3 Å². The van der Waals surface area contributed by atoms with Gasteiger partial charge in [0.2, 0.25) is 17.7 Å². The van der Waals surface area contributed by atoms with Gasteiger partial charge in [0, 0.05) is 79.9 Å². The molecule has 7 rings (SSSR count).